The second-order valence-electron chi connectivity index (χ2n) is 10.8. The Bertz CT molecular complexity index is 605. The van der Waals surface area contributed by atoms with Crippen LogP contribution in [0.25, 0.3) is 0 Å². The lowest BCUT2D eigenvalue weighted by atomic mass is 9.39. The molecule has 26 heavy (non-hydrogen) atoms. The van der Waals surface area contributed by atoms with Crippen LogP contribution < -0.4 is 0 Å². The molecule has 2 bridgehead atoms. The molecule has 4 saturated carbocycles. The molecule has 0 saturated heterocycles. The molecule has 0 radical (unpaired) electrons. The van der Waals surface area contributed by atoms with Crippen molar-refractivity contribution >= 4 is 5.97 Å². The molecule has 148 valence electrons. The number of rotatable bonds is 2. The lowest BCUT2D eigenvalue weighted by molar-refractivity contribution is -0.251. The van der Waals surface area contributed by atoms with Crippen LogP contribution in [0.2, 0.25) is 0 Å². The van der Waals surface area contributed by atoms with Crippen molar-refractivity contribution in [3.8, 4) is 0 Å². The third-order valence-electron chi connectivity index (χ3n) is 9.52. The van der Waals surface area contributed by atoms with Crippen LogP contribution in [0.1, 0.15) is 79.1 Å². The fourth-order valence-electron chi connectivity index (χ4n) is 8.32. The number of aliphatic hydroxyl groups excluding tert-OH is 2. The van der Waals surface area contributed by atoms with Crippen LogP contribution in [0, 0.1) is 33.5 Å². The predicted octanol–water partition coefficient (Wildman–Crippen LogP) is 3.68. The minimum absolute atomic E-state index is 0.00128. The van der Waals surface area contributed by atoms with E-state index in [2.05, 4.69) is 20.8 Å². The summed E-state index contributed by atoms with van der Waals surface area (Å²) in [6, 6.07) is 0. The molecule has 0 aromatic heterocycles. The summed E-state index contributed by atoms with van der Waals surface area (Å²) in [5, 5.41) is 21.7. The van der Waals surface area contributed by atoms with E-state index in [0.29, 0.717) is 11.8 Å². The Balaban J connectivity index is 1.80. The van der Waals surface area contributed by atoms with Crippen LogP contribution in [0.5, 0.6) is 0 Å². The van der Waals surface area contributed by atoms with Crippen LogP contribution >= 0.6 is 0 Å². The SMILES string of the molecule is CC(=O)OC1[C@]2(C)CC[C@H]3[C@]4(C)CCC[C@](C)(CO)[C@H]4C[C@H](O)[C@]13CC2. The summed E-state index contributed by atoms with van der Waals surface area (Å²) in [6.07, 6.45) is 7.66. The minimum Gasteiger partial charge on any atom is -0.461 e. The Labute approximate surface area is 157 Å². The highest BCUT2D eigenvalue weighted by Crippen LogP contribution is 2.74. The lowest BCUT2D eigenvalue weighted by Crippen LogP contribution is -2.67. The minimum atomic E-state index is -0.443. The van der Waals surface area contributed by atoms with E-state index >= 15 is 0 Å². The van der Waals surface area contributed by atoms with E-state index < -0.39 is 6.10 Å². The molecule has 4 nitrogen and oxygen atoms in total. The summed E-state index contributed by atoms with van der Waals surface area (Å²) in [5.41, 5.74) is -0.288. The third-order valence-corrected chi connectivity index (χ3v) is 9.52. The van der Waals surface area contributed by atoms with Crippen molar-refractivity contribution < 1.29 is 19.7 Å². The molecule has 8 atom stereocenters. The van der Waals surface area contributed by atoms with E-state index in [9.17, 15) is 15.0 Å². The summed E-state index contributed by atoms with van der Waals surface area (Å²) in [7, 11) is 0. The van der Waals surface area contributed by atoms with Crippen molar-refractivity contribution in [2.45, 2.75) is 91.3 Å². The maximum atomic E-state index is 11.9. The monoisotopic (exact) mass is 364 g/mol. The first-order chi connectivity index (χ1) is 12.1. The first-order valence-electron chi connectivity index (χ1n) is 10.6. The zero-order valence-corrected chi connectivity index (χ0v) is 16.9. The summed E-state index contributed by atoms with van der Waals surface area (Å²) >= 11 is 0. The van der Waals surface area contributed by atoms with Crippen molar-refractivity contribution in [2.24, 2.45) is 33.5 Å². The van der Waals surface area contributed by atoms with Gasteiger partial charge in [0.05, 0.1) is 6.10 Å². The van der Waals surface area contributed by atoms with Crippen LogP contribution in [-0.2, 0) is 9.53 Å². The molecule has 4 heteroatoms. The number of hydrogen-bond donors (Lipinski definition) is 2. The Morgan fingerprint density at radius 1 is 1.08 bits per heavy atom. The average molecular weight is 365 g/mol. The highest BCUT2D eigenvalue weighted by Gasteiger charge is 2.73. The molecule has 0 aromatic carbocycles. The van der Waals surface area contributed by atoms with Gasteiger partial charge in [-0.1, -0.05) is 27.2 Å². The maximum Gasteiger partial charge on any atom is 0.302 e. The van der Waals surface area contributed by atoms with Gasteiger partial charge < -0.3 is 14.9 Å². The van der Waals surface area contributed by atoms with Gasteiger partial charge in [0.2, 0.25) is 0 Å². The molecule has 1 unspecified atom stereocenters. The number of carbonyl (C=O) groups excluding carboxylic acids is 1. The molecule has 1 spiro atoms. The van der Waals surface area contributed by atoms with Gasteiger partial charge in [0.15, 0.2) is 0 Å². The fourth-order valence-corrected chi connectivity index (χ4v) is 8.32. The van der Waals surface area contributed by atoms with Crippen LogP contribution in [0.4, 0.5) is 0 Å². The van der Waals surface area contributed by atoms with Gasteiger partial charge >= 0.3 is 5.97 Å². The summed E-state index contributed by atoms with van der Waals surface area (Å²) < 4.78 is 5.97. The Morgan fingerprint density at radius 3 is 2.46 bits per heavy atom. The first-order valence-corrected chi connectivity index (χ1v) is 10.6. The Kier molecular flexibility index (Phi) is 4.11. The zero-order chi connectivity index (χ0) is 19.0. The quantitative estimate of drug-likeness (QED) is 0.734. The smallest absolute Gasteiger partial charge is 0.302 e. The molecule has 4 aliphatic carbocycles. The largest absolute Gasteiger partial charge is 0.461 e. The van der Waals surface area contributed by atoms with E-state index in [1.54, 1.807) is 0 Å². The molecular formula is C22H36O4. The van der Waals surface area contributed by atoms with E-state index in [0.717, 1.165) is 51.4 Å². The number of fused-ring (bicyclic) bond motifs is 3. The number of aliphatic hydroxyl groups is 2. The van der Waals surface area contributed by atoms with Gasteiger partial charge in [-0.15, -0.1) is 0 Å². The average Bonchev–Trinajstić information content (AvgIpc) is 2.74. The van der Waals surface area contributed by atoms with Crippen molar-refractivity contribution in [3.05, 3.63) is 0 Å². The van der Waals surface area contributed by atoms with E-state index in [-0.39, 0.29) is 40.3 Å². The van der Waals surface area contributed by atoms with Crippen molar-refractivity contribution in [1.82, 2.24) is 0 Å². The highest BCUT2D eigenvalue weighted by molar-refractivity contribution is 5.66. The van der Waals surface area contributed by atoms with Crippen molar-refractivity contribution in [3.63, 3.8) is 0 Å². The van der Waals surface area contributed by atoms with Gasteiger partial charge in [-0.25, -0.2) is 0 Å². The van der Waals surface area contributed by atoms with Crippen LogP contribution in [0.3, 0.4) is 0 Å². The second-order valence-corrected chi connectivity index (χ2v) is 10.8. The van der Waals surface area contributed by atoms with Gasteiger partial charge in [0, 0.05) is 24.4 Å². The molecule has 2 N–H and O–H groups in total. The molecule has 0 amide bonds. The van der Waals surface area contributed by atoms with Gasteiger partial charge in [-0.2, -0.15) is 0 Å². The molecule has 0 aliphatic heterocycles. The molecule has 0 heterocycles. The first kappa shape index (κ1) is 18.7. The van der Waals surface area contributed by atoms with Gasteiger partial charge in [-0.3, -0.25) is 4.79 Å². The topological polar surface area (TPSA) is 66.8 Å². The predicted molar refractivity (Wildman–Crippen MR) is 99.3 cm³/mol. The molecule has 0 aromatic rings. The highest BCUT2D eigenvalue weighted by atomic mass is 16.5. The summed E-state index contributed by atoms with van der Waals surface area (Å²) in [6.45, 7) is 8.59. The van der Waals surface area contributed by atoms with Crippen LogP contribution in [-0.4, -0.2) is 35.0 Å². The van der Waals surface area contributed by atoms with E-state index in [4.69, 9.17) is 4.74 Å². The zero-order valence-electron chi connectivity index (χ0n) is 16.9. The summed E-state index contributed by atoms with van der Waals surface area (Å²) in [4.78, 5) is 11.9. The Morgan fingerprint density at radius 2 is 1.81 bits per heavy atom. The number of hydrogen-bond acceptors (Lipinski definition) is 4. The number of ether oxygens (including phenoxy) is 1. The van der Waals surface area contributed by atoms with Crippen LogP contribution in [0.15, 0.2) is 0 Å². The molecule has 4 aliphatic rings. The summed E-state index contributed by atoms with van der Waals surface area (Å²) in [5.74, 6) is 0.489. The molecule has 4 rings (SSSR count). The lowest BCUT2D eigenvalue weighted by Gasteiger charge is -2.67. The Hall–Kier alpha value is -0.610. The molecular weight excluding hydrogens is 328 g/mol. The van der Waals surface area contributed by atoms with E-state index in [1.807, 2.05) is 0 Å². The van der Waals surface area contributed by atoms with Gasteiger partial charge in [0.1, 0.15) is 6.10 Å². The van der Waals surface area contributed by atoms with E-state index in [1.165, 1.54) is 6.92 Å². The van der Waals surface area contributed by atoms with Gasteiger partial charge in [-0.05, 0) is 67.6 Å². The van der Waals surface area contributed by atoms with Crippen molar-refractivity contribution in [2.75, 3.05) is 6.61 Å². The third kappa shape index (κ3) is 2.18. The standard InChI is InChI=1S/C22H36O4/c1-14(24)26-18-19(2)9-6-15-21(4)8-5-7-20(3,13-23)16(21)12-17(25)22(15,18)11-10-19/h15-18,23,25H,5-13H2,1-4H3/t15-,16+,17-,18?,19+,20+,21-,22+/m0/s1. The van der Waals surface area contributed by atoms with Gasteiger partial charge in [0.25, 0.3) is 0 Å². The fraction of sp³-hybridized carbons (Fsp3) is 0.955. The maximum absolute atomic E-state index is 11.9. The van der Waals surface area contributed by atoms with Crippen molar-refractivity contribution in [1.29, 1.82) is 0 Å². The second kappa shape index (κ2) is 5.70. The number of carbonyl (C=O) groups is 1. The number of esters is 1. The molecule has 4 fully saturated rings. The normalized spacial score (nSPS) is 55.8.